The zero-order valence-corrected chi connectivity index (χ0v) is 18.5. The number of ether oxygens (including phenoxy) is 1. The number of nitrogens with zero attached hydrogens (tertiary/aromatic N) is 1. The summed E-state index contributed by atoms with van der Waals surface area (Å²) < 4.78 is 19.6. The first kappa shape index (κ1) is 21.8. The molecule has 2 nitrogen and oxygen atoms in total. The minimum Gasteiger partial charge on any atom is -0.493 e. The Morgan fingerprint density at radius 3 is 2.34 bits per heavy atom. The van der Waals surface area contributed by atoms with Gasteiger partial charge in [0, 0.05) is 12.5 Å². The van der Waals surface area contributed by atoms with Gasteiger partial charge in [0.05, 0.1) is 6.61 Å². The Morgan fingerprint density at radius 2 is 1.72 bits per heavy atom. The van der Waals surface area contributed by atoms with Crippen LogP contribution < -0.4 is 4.74 Å². The number of likely N-dealkylation sites (tertiary alicyclic amines) is 1. The van der Waals surface area contributed by atoms with Gasteiger partial charge in [0.15, 0.2) is 0 Å². The van der Waals surface area contributed by atoms with Gasteiger partial charge in [-0.25, -0.2) is 4.39 Å². The van der Waals surface area contributed by atoms with Crippen molar-refractivity contribution >= 4 is 0 Å². The standard InChI is InChI=1S/C26H36FNO/c1-5-6-16-28-17-15-25(20-7-11-23(27)12-8-20)21(18-28)19-29-24-13-9-22(10-14-24)26(2,3)4/h7-14,21,25H,5-6,15-19H2,1-4H3/t21-,25-/m0/s1. The SMILES string of the molecule is CCCCN1CC[C@@H](c2ccc(F)cc2)[C@H](COc2ccc(C(C)(C)C)cc2)C1. The van der Waals surface area contributed by atoms with Crippen molar-refractivity contribution in [3.8, 4) is 5.75 Å². The summed E-state index contributed by atoms with van der Waals surface area (Å²) in [7, 11) is 0. The quantitative estimate of drug-likeness (QED) is 0.535. The summed E-state index contributed by atoms with van der Waals surface area (Å²) in [5.41, 5.74) is 2.70. The van der Waals surface area contributed by atoms with Crippen LogP contribution in [0.15, 0.2) is 48.5 Å². The van der Waals surface area contributed by atoms with Crippen LogP contribution in [-0.2, 0) is 5.41 Å². The highest BCUT2D eigenvalue weighted by Gasteiger charge is 2.30. The molecule has 1 aliphatic heterocycles. The number of hydrogen-bond donors (Lipinski definition) is 0. The van der Waals surface area contributed by atoms with Crippen LogP contribution in [0.2, 0.25) is 0 Å². The van der Waals surface area contributed by atoms with Gasteiger partial charge in [-0.3, -0.25) is 0 Å². The van der Waals surface area contributed by atoms with Crippen LogP contribution in [0.3, 0.4) is 0 Å². The van der Waals surface area contributed by atoms with E-state index in [2.05, 4.69) is 56.9 Å². The van der Waals surface area contributed by atoms with Gasteiger partial charge in [-0.15, -0.1) is 0 Å². The average Bonchev–Trinajstić information content (AvgIpc) is 2.71. The predicted octanol–water partition coefficient (Wildman–Crippen LogP) is 6.41. The van der Waals surface area contributed by atoms with E-state index in [0.717, 1.165) is 31.8 Å². The highest BCUT2D eigenvalue weighted by molar-refractivity contribution is 5.31. The fourth-order valence-electron chi connectivity index (χ4n) is 4.26. The Morgan fingerprint density at radius 1 is 1.03 bits per heavy atom. The molecule has 1 saturated heterocycles. The van der Waals surface area contributed by atoms with Crippen molar-refractivity contribution in [2.24, 2.45) is 5.92 Å². The molecular formula is C26H36FNO. The van der Waals surface area contributed by atoms with Crippen molar-refractivity contribution in [2.45, 2.75) is 58.3 Å². The second-order valence-electron chi connectivity index (χ2n) is 9.45. The van der Waals surface area contributed by atoms with Crippen LogP contribution >= 0.6 is 0 Å². The lowest BCUT2D eigenvalue weighted by atomic mass is 9.80. The molecule has 1 fully saturated rings. The molecule has 0 bridgehead atoms. The molecule has 0 saturated carbocycles. The zero-order chi connectivity index (χ0) is 20.9. The van der Waals surface area contributed by atoms with E-state index in [1.807, 2.05) is 12.1 Å². The maximum Gasteiger partial charge on any atom is 0.123 e. The minimum absolute atomic E-state index is 0.148. The van der Waals surface area contributed by atoms with E-state index in [0.29, 0.717) is 18.4 Å². The molecule has 0 N–H and O–H groups in total. The fourth-order valence-corrected chi connectivity index (χ4v) is 4.26. The molecule has 2 atom stereocenters. The number of piperidine rings is 1. The molecule has 0 amide bonds. The number of halogens is 1. The van der Waals surface area contributed by atoms with E-state index < -0.39 is 0 Å². The second-order valence-corrected chi connectivity index (χ2v) is 9.45. The molecule has 3 heteroatoms. The molecule has 1 aliphatic rings. The Labute approximate surface area is 176 Å². The van der Waals surface area contributed by atoms with Gasteiger partial charge in [-0.2, -0.15) is 0 Å². The lowest BCUT2D eigenvalue weighted by Gasteiger charge is -2.39. The van der Waals surface area contributed by atoms with Crippen LogP contribution in [0.1, 0.15) is 64.0 Å². The summed E-state index contributed by atoms with van der Waals surface area (Å²) in [6, 6.07) is 15.6. The normalized spacial score (nSPS) is 20.6. The Hall–Kier alpha value is -1.87. The summed E-state index contributed by atoms with van der Waals surface area (Å²) in [5.74, 6) is 1.60. The summed E-state index contributed by atoms with van der Waals surface area (Å²) in [6.45, 7) is 12.9. The molecule has 0 unspecified atom stereocenters. The maximum absolute atomic E-state index is 13.4. The summed E-state index contributed by atoms with van der Waals surface area (Å²) >= 11 is 0. The third-order valence-corrected chi connectivity index (χ3v) is 6.13. The van der Waals surface area contributed by atoms with Gasteiger partial charge in [0.2, 0.25) is 0 Å². The molecule has 1 heterocycles. The highest BCUT2D eigenvalue weighted by Crippen LogP contribution is 2.34. The molecule has 2 aromatic rings. The van der Waals surface area contributed by atoms with Gasteiger partial charge >= 0.3 is 0 Å². The van der Waals surface area contributed by atoms with Crippen LogP contribution in [0.25, 0.3) is 0 Å². The van der Waals surface area contributed by atoms with E-state index in [9.17, 15) is 4.39 Å². The smallest absolute Gasteiger partial charge is 0.123 e. The van der Waals surface area contributed by atoms with E-state index in [-0.39, 0.29) is 11.2 Å². The summed E-state index contributed by atoms with van der Waals surface area (Å²) in [4.78, 5) is 2.57. The highest BCUT2D eigenvalue weighted by atomic mass is 19.1. The lowest BCUT2D eigenvalue weighted by Crippen LogP contribution is -2.42. The van der Waals surface area contributed by atoms with Crippen molar-refractivity contribution < 1.29 is 9.13 Å². The molecule has 0 radical (unpaired) electrons. The largest absolute Gasteiger partial charge is 0.493 e. The van der Waals surface area contributed by atoms with Crippen LogP contribution in [-0.4, -0.2) is 31.1 Å². The molecule has 0 aromatic heterocycles. The number of unbranched alkanes of at least 4 members (excludes halogenated alkanes) is 1. The Kier molecular flexibility index (Phi) is 7.34. The van der Waals surface area contributed by atoms with Crippen molar-refractivity contribution in [2.75, 3.05) is 26.2 Å². The Bertz CT molecular complexity index is 748. The van der Waals surface area contributed by atoms with Crippen molar-refractivity contribution in [1.82, 2.24) is 4.90 Å². The van der Waals surface area contributed by atoms with E-state index in [1.165, 1.54) is 24.0 Å². The third kappa shape index (κ3) is 6.05. The van der Waals surface area contributed by atoms with Crippen LogP contribution in [0, 0.1) is 11.7 Å². The molecular weight excluding hydrogens is 361 g/mol. The second kappa shape index (κ2) is 9.75. The number of rotatable bonds is 7. The minimum atomic E-state index is -0.166. The average molecular weight is 398 g/mol. The van der Waals surface area contributed by atoms with Gasteiger partial charge in [-0.1, -0.05) is 58.4 Å². The molecule has 3 rings (SSSR count). The van der Waals surface area contributed by atoms with Gasteiger partial charge in [0.1, 0.15) is 11.6 Å². The zero-order valence-electron chi connectivity index (χ0n) is 18.5. The monoisotopic (exact) mass is 397 g/mol. The van der Waals surface area contributed by atoms with Crippen molar-refractivity contribution in [3.05, 3.63) is 65.5 Å². The number of benzene rings is 2. The molecule has 0 aliphatic carbocycles. The van der Waals surface area contributed by atoms with E-state index >= 15 is 0 Å². The molecule has 0 spiro atoms. The van der Waals surface area contributed by atoms with Crippen LogP contribution in [0.5, 0.6) is 5.75 Å². The number of hydrogen-bond acceptors (Lipinski definition) is 2. The van der Waals surface area contributed by atoms with Crippen molar-refractivity contribution in [3.63, 3.8) is 0 Å². The molecule has 158 valence electrons. The van der Waals surface area contributed by atoms with E-state index in [1.54, 1.807) is 12.1 Å². The predicted molar refractivity (Wildman–Crippen MR) is 119 cm³/mol. The first-order valence-electron chi connectivity index (χ1n) is 11.1. The van der Waals surface area contributed by atoms with Gasteiger partial charge in [0.25, 0.3) is 0 Å². The first-order valence-corrected chi connectivity index (χ1v) is 11.1. The fraction of sp³-hybridized carbons (Fsp3) is 0.538. The first-order chi connectivity index (χ1) is 13.9. The third-order valence-electron chi connectivity index (χ3n) is 6.13. The topological polar surface area (TPSA) is 12.5 Å². The maximum atomic E-state index is 13.4. The lowest BCUT2D eigenvalue weighted by molar-refractivity contribution is 0.110. The van der Waals surface area contributed by atoms with Gasteiger partial charge in [-0.05, 0) is 72.7 Å². The summed E-state index contributed by atoms with van der Waals surface area (Å²) in [5, 5.41) is 0. The summed E-state index contributed by atoms with van der Waals surface area (Å²) in [6.07, 6.45) is 3.56. The molecule has 29 heavy (non-hydrogen) atoms. The molecule has 2 aromatic carbocycles. The van der Waals surface area contributed by atoms with Gasteiger partial charge < -0.3 is 9.64 Å². The van der Waals surface area contributed by atoms with Crippen molar-refractivity contribution in [1.29, 1.82) is 0 Å². The van der Waals surface area contributed by atoms with E-state index in [4.69, 9.17) is 4.74 Å². The Balaban J connectivity index is 1.69. The van der Waals surface area contributed by atoms with Crippen LogP contribution in [0.4, 0.5) is 4.39 Å².